The topological polar surface area (TPSA) is 102 Å². The number of anilines is 1. The van der Waals surface area contributed by atoms with Crippen LogP contribution in [0.3, 0.4) is 0 Å². The van der Waals surface area contributed by atoms with E-state index >= 15 is 0 Å². The molecular weight excluding hydrogens is 404 g/mol. The number of aryl methyl sites for hydroxylation is 1. The number of hydrogen-bond acceptors (Lipinski definition) is 5. The van der Waals surface area contributed by atoms with E-state index in [4.69, 9.17) is 4.74 Å². The lowest BCUT2D eigenvalue weighted by molar-refractivity contribution is -0.146. The minimum absolute atomic E-state index is 0.0463. The maximum atomic E-state index is 12.7. The van der Waals surface area contributed by atoms with Crippen molar-refractivity contribution in [2.45, 2.75) is 51.0 Å². The molecule has 0 heterocycles. The minimum atomic E-state index is -3.87. The highest BCUT2D eigenvalue weighted by Crippen LogP contribution is 2.18. The van der Waals surface area contributed by atoms with Gasteiger partial charge in [-0.05, 0) is 62.6 Å². The largest absolute Gasteiger partial charge is 0.462 e. The van der Waals surface area contributed by atoms with Crippen LogP contribution in [0.5, 0.6) is 0 Å². The Morgan fingerprint density at radius 3 is 2.40 bits per heavy atom. The third-order valence-corrected chi connectivity index (χ3v) is 5.57. The van der Waals surface area contributed by atoms with Crippen molar-refractivity contribution in [3.63, 3.8) is 0 Å². The molecular formula is C22H28N2O5S. The number of amides is 1. The van der Waals surface area contributed by atoms with Gasteiger partial charge in [-0.2, -0.15) is 0 Å². The predicted molar refractivity (Wildman–Crippen MR) is 116 cm³/mol. The number of carbonyl (C=O) groups excluding carboxylic acids is 2. The molecule has 2 rings (SSSR count). The third-order valence-electron chi connectivity index (χ3n) is 4.19. The standard InChI is InChI=1S/C22H28N2O5S/c1-4-5-7-17-10-12-19(13-11-17)24-30(27,28)20-9-6-8-18(14-20)22(26)23-15-21(25)29-16(2)3/h6,8-14,16,24H,4-5,7,15H2,1-3H3,(H,23,26). The first kappa shape index (κ1) is 23.4. The van der Waals surface area contributed by atoms with Gasteiger partial charge in [-0.15, -0.1) is 0 Å². The summed E-state index contributed by atoms with van der Waals surface area (Å²) in [6.45, 7) is 5.24. The second kappa shape index (κ2) is 10.8. The van der Waals surface area contributed by atoms with E-state index in [0.717, 1.165) is 24.8 Å². The molecule has 0 aliphatic rings. The smallest absolute Gasteiger partial charge is 0.325 e. The summed E-state index contributed by atoms with van der Waals surface area (Å²) < 4.78 is 32.9. The van der Waals surface area contributed by atoms with Gasteiger partial charge in [0, 0.05) is 11.3 Å². The molecule has 7 nitrogen and oxygen atoms in total. The summed E-state index contributed by atoms with van der Waals surface area (Å²) in [6, 6.07) is 12.9. The molecule has 2 aromatic carbocycles. The first-order chi connectivity index (χ1) is 14.2. The second-order valence-electron chi connectivity index (χ2n) is 7.16. The molecule has 2 N–H and O–H groups in total. The zero-order valence-corrected chi connectivity index (χ0v) is 18.3. The number of esters is 1. The molecule has 162 valence electrons. The third kappa shape index (κ3) is 7.18. The number of ether oxygens (including phenoxy) is 1. The van der Waals surface area contributed by atoms with Gasteiger partial charge in [-0.25, -0.2) is 8.42 Å². The van der Waals surface area contributed by atoms with Crippen LogP contribution in [0.15, 0.2) is 53.4 Å². The van der Waals surface area contributed by atoms with Crippen molar-refractivity contribution in [2.24, 2.45) is 0 Å². The Bertz CT molecular complexity index is 969. The number of benzene rings is 2. The average molecular weight is 433 g/mol. The van der Waals surface area contributed by atoms with Crippen LogP contribution in [-0.4, -0.2) is 32.9 Å². The molecule has 0 aliphatic heterocycles. The quantitative estimate of drug-likeness (QED) is 0.560. The summed E-state index contributed by atoms with van der Waals surface area (Å²) in [5, 5.41) is 2.43. The fourth-order valence-corrected chi connectivity index (χ4v) is 3.80. The Hall–Kier alpha value is -2.87. The fourth-order valence-electron chi connectivity index (χ4n) is 2.70. The Balaban J connectivity index is 2.06. The molecule has 0 unspecified atom stereocenters. The number of sulfonamides is 1. The Kier molecular flexibility index (Phi) is 8.41. The van der Waals surface area contributed by atoms with Crippen LogP contribution in [-0.2, 0) is 26.0 Å². The maximum Gasteiger partial charge on any atom is 0.325 e. The number of rotatable bonds is 10. The molecule has 0 aliphatic carbocycles. The lowest BCUT2D eigenvalue weighted by Gasteiger charge is -2.11. The average Bonchev–Trinajstić information content (AvgIpc) is 2.71. The molecule has 8 heteroatoms. The minimum Gasteiger partial charge on any atom is -0.462 e. The van der Waals surface area contributed by atoms with Gasteiger partial charge in [0.1, 0.15) is 6.54 Å². The summed E-state index contributed by atoms with van der Waals surface area (Å²) in [4.78, 5) is 23.8. The van der Waals surface area contributed by atoms with E-state index in [1.54, 1.807) is 26.0 Å². The molecule has 0 atom stereocenters. The van der Waals surface area contributed by atoms with Crippen LogP contribution >= 0.6 is 0 Å². The monoisotopic (exact) mass is 432 g/mol. The van der Waals surface area contributed by atoms with E-state index in [2.05, 4.69) is 17.0 Å². The van der Waals surface area contributed by atoms with Crippen molar-refractivity contribution >= 4 is 27.6 Å². The van der Waals surface area contributed by atoms with Crippen LogP contribution in [0.2, 0.25) is 0 Å². The van der Waals surface area contributed by atoms with Crippen LogP contribution in [0.4, 0.5) is 5.69 Å². The highest BCUT2D eigenvalue weighted by Gasteiger charge is 2.17. The van der Waals surface area contributed by atoms with Crippen molar-refractivity contribution in [1.82, 2.24) is 5.32 Å². The van der Waals surface area contributed by atoms with Gasteiger partial charge in [0.05, 0.1) is 11.0 Å². The highest BCUT2D eigenvalue weighted by molar-refractivity contribution is 7.92. The first-order valence-electron chi connectivity index (χ1n) is 9.90. The van der Waals surface area contributed by atoms with Gasteiger partial charge in [-0.1, -0.05) is 31.5 Å². The van der Waals surface area contributed by atoms with Gasteiger partial charge < -0.3 is 10.1 Å². The van der Waals surface area contributed by atoms with E-state index in [9.17, 15) is 18.0 Å². The lowest BCUT2D eigenvalue weighted by atomic mass is 10.1. The number of hydrogen-bond donors (Lipinski definition) is 2. The van der Waals surface area contributed by atoms with Crippen molar-refractivity contribution in [3.8, 4) is 0 Å². The summed E-state index contributed by atoms with van der Waals surface area (Å²) in [7, 11) is -3.87. The highest BCUT2D eigenvalue weighted by atomic mass is 32.2. The van der Waals surface area contributed by atoms with Gasteiger partial charge >= 0.3 is 5.97 Å². The zero-order valence-electron chi connectivity index (χ0n) is 17.5. The second-order valence-corrected chi connectivity index (χ2v) is 8.84. The summed E-state index contributed by atoms with van der Waals surface area (Å²) in [5.74, 6) is -1.13. The molecule has 0 fully saturated rings. The molecule has 0 radical (unpaired) electrons. The molecule has 2 aromatic rings. The van der Waals surface area contributed by atoms with Gasteiger partial charge in [0.2, 0.25) is 0 Å². The summed E-state index contributed by atoms with van der Waals surface area (Å²) in [6.07, 6.45) is 2.84. The van der Waals surface area contributed by atoms with E-state index < -0.39 is 21.9 Å². The van der Waals surface area contributed by atoms with Crippen LogP contribution in [0.1, 0.15) is 49.5 Å². The van der Waals surface area contributed by atoms with Gasteiger partial charge in [0.25, 0.3) is 15.9 Å². The van der Waals surface area contributed by atoms with Crippen molar-refractivity contribution < 1.29 is 22.7 Å². The van der Waals surface area contributed by atoms with E-state index in [1.165, 1.54) is 24.3 Å². The van der Waals surface area contributed by atoms with Crippen LogP contribution in [0, 0.1) is 0 Å². The van der Waals surface area contributed by atoms with Crippen LogP contribution < -0.4 is 10.0 Å². The normalized spacial score (nSPS) is 11.2. The molecule has 0 aromatic heterocycles. The van der Waals surface area contributed by atoms with Crippen molar-refractivity contribution in [3.05, 3.63) is 59.7 Å². The zero-order chi connectivity index (χ0) is 22.1. The van der Waals surface area contributed by atoms with E-state index in [1.807, 2.05) is 12.1 Å². The summed E-state index contributed by atoms with van der Waals surface area (Å²) >= 11 is 0. The fraction of sp³-hybridized carbons (Fsp3) is 0.364. The summed E-state index contributed by atoms with van der Waals surface area (Å²) in [5.41, 5.74) is 1.72. The Labute approximate surface area is 177 Å². The van der Waals surface area contributed by atoms with E-state index in [-0.39, 0.29) is 23.1 Å². The number of nitrogens with one attached hydrogen (secondary N) is 2. The van der Waals surface area contributed by atoms with Crippen LogP contribution in [0.25, 0.3) is 0 Å². The van der Waals surface area contributed by atoms with Crippen molar-refractivity contribution in [1.29, 1.82) is 0 Å². The maximum absolute atomic E-state index is 12.7. The predicted octanol–water partition coefficient (Wildman–Crippen LogP) is 3.51. The SMILES string of the molecule is CCCCc1ccc(NS(=O)(=O)c2cccc(C(=O)NCC(=O)OC(C)C)c2)cc1. The Morgan fingerprint density at radius 2 is 1.77 bits per heavy atom. The molecule has 0 saturated carbocycles. The molecule has 0 saturated heterocycles. The van der Waals surface area contributed by atoms with Gasteiger partial charge in [0.15, 0.2) is 0 Å². The molecule has 0 bridgehead atoms. The van der Waals surface area contributed by atoms with Crippen molar-refractivity contribution in [2.75, 3.05) is 11.3 Å². The molecule has 0 spiro atoms. The number of carbonyl (C=O) groups is 2. The van der Waals surface area contributed by atoms with Gasteiger partial charge in [-0.3, -0.25) is 14.3 Å². The number of unbranched alkanes of at least 4 members (excludes halogenated alkanes) is 1. The lowest BCUT2D eigenvalue weighted by Crippen LogP contribution is -2.31. The Morgan fingerprint density at radius 1 is 1.07 bits per heavy atom. The van der Waals surface area contributed by atoms with E-state index in [0.29, 0.717) is 5.69 Å². The molecule has 30 heavy (non-hydrogen) atoms. The molecule has 1 amide bonds. The first-order valence-corrected chi connectivity index (χ1v) is 11.4.